The number of carboxylic acids is 1. The lowest BCUT2D eigenvalue weighted by Gasteiger charge is -2.19. The van der Waals surface area contributed by atoms with Crippen LogP contribution in [-0.4, -0.2) is 43.3 Å². The average Bonchev–Trinajstić information content (AvgIpc) is 2.80. The molecule has 0 radical (unpaired) electrons. The van der Waals surface area contributed by atoms with Gasteiger partial charge in [0.1, 0.15) is 0 Å². The fourth-order valence-corrected chi connectivity index (χ4v) is 2.55. The van der Waals surface area contributed by atoms with Crippen molar-refractivity contribution in [1.82, 2.24) is 25.1 Å². The van der Waals surface area contributed by atoms with Gasteiger partial charge in [0.2, 0.25) is 5.91 Å². The molecular formula is C18H25N5O3. The van der Waals surface area contributed by atoms with E-state index < -0.39 is 11.4 Å². The summed E-state index contributed by atoms with van der Waals surface area (Å²) in [6.07, 6.45) is 0.123. The zero-order valence-corrected chi connectivity index (χ0v) is 16.0. The van der Waals surface area contributed by atoms with Crippen LogP contribution >= 0.6 is 0 Å². The number of hydrogen-bond donors (Lipinski definition) is 2. The normalized spacial score (nSPS) is 11.5. The molecule has 1 amide bonds. The van der Waals surface area contributed by atoms with Gasteiger partial charge in [0.15, 0.2) is 0 Å². The van der Waals surface area contributed by atoms with Gasteiger partial charge in [0.05, 0.1) is 17.5 Å². The number of amides is 1. The number of rotatable bonds is 6. The third kappa shape index (κ3) is 4.25. The summed E-state index contributed by atoms with van der Waals surface area (Å²) in [4.78, 5) is 32.2. The van der Waals surface area contributed by atoms with E-state index >= 15 is 0 Å². The van der Waals surface area contributed by atoms with Crippen molar-refractivity contribution in [2.45, 2.75) is 48.0 Å². The van der Waals surface area contributed by atoms with E-state index in [1.807, 2.05) is 33.8 Å². The van der Waals surface area contributed by atoms with Gasteiger partial charge in [-0.25, -0.2) is 14.6 Å². The Labute approximate surface area is 152 Å². The van der Waals surface area contributed by atoms with Gasteiger partial charge in [0.25, 0.3) is 5.95 Å². The number of aryl methyl sites for hydroxylation is 3. The highest BCUT2D eigenvalue weighted by molar-refractivity contribution is 5.80. The number of carbonyl (C=O) groups excluding carboxylic acids is 1. The van der Waals surface area contributed by atoms with E-state index in [0.717, 1.165) is 28.3 Å². The standard InChI is InChI=1S/C18H25N5O3/c1-10-7-11(2)21-17(20-10)23-13(4)14(12(3)22-23)8-15(24)19-9-18(5,6)16(25)26/h7H,8-9H2,1-6H3,(H,19,24)(H,25,26). The maximum atomic E-state index is 12.3. The largest absolute Gasteiger partial charge is 0.481 e. The van der Waals surface area contributed by atoms with Crippen molar-refractivity contribution < 1.29 is 14.7 Å². The molecule has 0 aromatic carbocycles. The molecule has 0 aliphatic carbocycles. The second-order valence-corrected chi connectivity index (χ2v) is 7.15. The lowest BCUT2D eigenvalue weighted by Crippen LogP contribution is -2.39. The Morgan fingerprint density at radius 1 is 1.15 bits per heavy atom. The molecule has 26 heavy (non-hydrogen) atoms. The number of nitrogens with one attached hydrogen (secondary N) is 1. The van der Waals surface area contributed by atoms with Gasteiger partial charge in [-0.2, -0.15) is 5.10 Å². The van der Waals surface area contributed by atoms with Gasteiger partial charge in [-0.15, -0.1) is 0 Å². The van der Waals surface area contributed by atoms with Gasteiger partial charge in [-0.05, 0) is 47.6 Å². The van der Waals surface area contributed by atoms with E-state index in [4.69, 9.17) is 5.11 Å². The lowest BCUT2D eigenvalue weighted by molar-refractivity contribution is -0.146. The Bertz CT molecular complexity index is 835. The maximum Gasteiger partial charge on any atom is 0.310 e. The van der Waals surface area contributed by atoms with E-state index in [1.165, 1.54) is 0 Å². The Hall–Kier alpha value is -2.77. The third-order valence-electron chi connectivity index (χ3n) is 4.24. The minimum Gasteiger partial charge on any atom is -0.481 e. The fraction of sp³-hybridized carbons (Fsp3) is 0.500. The molecule has 0 fully saturated rings. The van der Waals surface area contributed by atoms with Crippen LogP contribution in [-0.2, 0) is 16.0 Å². The molecule has 0 aliphatic rings. The molecule has 2 aromatic rings. The zero-order valence-electron chi connectivity index (χ0n) is 16.0. The van der Waals surface area contributed by atoms with Crippen molar-refractivity contribution >= 4 is 11.9 Å². The van der Waals surface area contributed by atoms with E-state index in [2.05, 4.69) is 20.4 Å². The molecule has 2 N–H and O–H groups in total. The molecule has 0 saturated heterocycles. The van der Waals surface area contributed by atoms with Crippen molar-refractivity contribution in [3.05, 3.63) is 34.4 Å². The first kappa shape index (κ1) is 19.6. The number of nitrogens with zero attached hydrogens (tertiary/aromatic N) is 4. The van der Waals surface area contributed by atoms with Gasteiger partial charge >= 0.3 is 5.97 Å². The van der Waals surface area contributed by atoms with Gasteiger partial charge in [-0.3, -0.25) is 9.59 Å². The van der Waals surface area contributed by atoms with Crippen LogP contribution in [0.1, 0.15) is 42.2 Å². The number of hydrogen-bond acceptors (Lipinski definition) is 5. The number of carbonyl (C=O) groups is 2. The predicted octanol–water partition coefficient (Wildman–Crippen LogP) is 1.67. The molecule has 2 aromatic heterocycles. The Balaban J connectivity index is 2.20. The zero-order chi connectivity index (χ0) is 19.6. The highest BCUT2D eigenvalue weighted by atomic mass is 16.4. The van der Waals surface area contributed by atoms with Gasteiger partial charge < -0.3 is 10.4 Å². The Morgan fingerprint density at radius 3 is 2.27 bits per heavy atom. The molecule has 0 aliphatic heterocycles. The number of aromatic nitrogens is 4. The first-order valence-corrected chi connectivity index (χ1v) is 8.39. The van der Waals surface area contributed by atoms with Crippen molar-refractivity contribution in [1.29, 1.82) is 0 Å². The summed E-state index contributed by atoms with van der Waals surface area (Å²) in [5, 5.41) is 16.3. The molecule has 0 atom stereocenters. The quantitative estimate of drug-likeness (QED) is 0.812. The first-order chi connectivity index (χ1) is 12.0. The van der Waals surface area contributed by atoms with Crippen molar-refractivity contribution in [3.8, 4) is 5.95 Å². The third-order valence-corrected chi connectivity index (χ3v) is 4.24. The molecule has 140 valence electrons. The first-order valence-electron chi connectivity index (χ1n) is 8.39. The summed E-state index contributed by atoms with van der Waals surface area (Å²) in [6, 6.07) is 1.88. The average molecular weight is 359 g/mol. The minimum absolute atomic E-state index is 0.0631. The summed E-state index contributed by atoms with van der Waals surface area (Å²) < 4.78 is 1.64. The molecule has 0 saturated carbocycles. The van der Waals surface area contributed by atoms with E-state index in [0.29, 0.717) is 5.95 Å². The summed E-state index contributed by atoms with van der Waals surface area (Å²) in [7, 11) is 0. The molecule has 0 unspecified atom stereocenters. The van der Waals surface area contributed by atoms with Crippen LogP contribution in [0.25, 0.3) is 5.95 Å². The Kier molecular flexibility index (Phi) is 5.44. The molecule has 2 rings (SSSR count). The summed E-state index contributed by atoms with van der Waals surface area (Å²) in [6.45, 7) is 10.7. The highest BCUT2D eigenvalue weighted by Crippen LogP contribution is 2.18. The summed E-state index contributed by atoms with van der Waals surface area (Å²) >= 11 is 0. The smallest absolute Gasteiger partial charge is 0.310 e. The van der Waals surface area contributed by atoms with Gasteiger partial charge in [0, 0.05) is 29.2 Å². The van der Waals surface area contributed by atoms with Crippen LogP contribution in [0.15, 0.2) is 6.07 Å². The second-order valence-electron chi connectivity index (χ2n) is 7.15. The maximum absolute atomic E-state index is 12.3. The van der Waals surface area contributed by atoms with Crippen LogP contribution in [0.3, 0.4) is 0 Å². The number of carboxylic acid groups (broad SMARTS) is 1. The minimum atomic E-state index is -1.02. The monoisotopic (exact) mass is 359 g/mol. The number of aliphatic carboxylic acids is 1. The van der Waals surface area contributed by atoms with E-state index in [9.17, 15) is 9.59 Å². The van der Waals surface area contributed by atoms with E-state index in [-0.39, 0.29) is 18.9 Å². The van der Waals surface area contributed by atoms with Crippen molar-refractivity contribution in [2.75, 3.05) is 6.54 Å². The van der Waals surface area contributed by atoms with Crippen LogP contribution in [0.2, 0.25) is 0 Å². The molecule has 0 spiro atoms. The van der Waals surface area contributed by atoms with Crippen molar-refractivity contribution in [3.63, 3.8) is 0 Å². The Morgan fingerprint density at radius 2 is 1.73 bits per heavy atom. The highest BCUT2D eigenvalue weighted by Gasteiger charge is 2.28. The summed E-state index contributed by atoms with van der Waals surface area (Å²) in [5.74, 6) is -0.724. The molecule has 8 heteroatoms. The summed E-state index contributed by atoms with van der Waals surface area (Å²) in [5.41, 5.74) is 2.97. The van der Waals surface area contributed by atoms with Gasteiger partial charge in [-0.1, -0.05) is 0 Å². The molecular weight excluding hydrogens is 334 g/mol. The topological polar surface area (TPSA) is 110 Å². The SMILES string of the molecule is Cc1cc(C)nc(-n2nc(C)c(CC(=O)NCC(C)(C)C(=O)O)c2C)n1. The van der Waals surface area contributed by atoms with Crippen molar-refractivity contribution in [2.24, 2.45) is 5.41 Å². The molecule has 2 heterocycles. The predicted molar refractivity (Wildman–Crippen MR) is 96.2 cm³/mol. The van der Waals surface area contributed by atoms with E-state index in [1.54, 1.807) is 18.5 Å². The van der Waals surface area contributed by atoms with Crippen LogP contribution in [0.4, 0.5) is 0 Å². The second kappa shape index (κ2) is 7.23. The van der Waals surface area contributed by atoms with Crippen LogP contribution in [0, 0.1) is 33.1 Å². The van der Waals surface area contributed by atoms with Crippen LogP contribution < -0.4 is 5.32 Å². The molecule has 8 nitrogen and oxygen atoms in total. The molecule has 0 bridgehead atoms. The fourth-order valence-electron chi connectivity index (χ4n) is 2.55. The lowest BCUT2D eigenvalue weighted by atomic mass is 9.94. The van der Waals surface area contributed by atoms with Crippen LogP contribution in [0.5, 0.6) is 0 Å².